The Bertz CT molecular complexity index is 1570. The topological polar surface area (TPSA) is 124 Å². The van der Waals surface area contributed by atoms with E-state index in [0.29, 0.717) is 40.7 Å². The molecule has 12 nitrogen and oxygen atoms in total. The highest BCUT2D eigenvalue weighted by atomic mass is 35.5. The van der Waals surface area contributed by atoms with Gasteiger partial charge in [0.25, 0.3) is 0 Å². The standard InChI is InChI=1S/C31H45ClN8O4S/c1-8-21-18-25(28(44-6)19-26(21)40-15-12-22(13-16-40)38(3)17-14-33-2)36-31-34-20-23(32)30(37-31)35-24-10-9-11-27(43-5)29(24)39(4)45(7,41)42/h9-11,18-20,22,33H,8,12-17H2,1-7H3,(H2,34,35,36,37). The average Bonchev–Trinajstić information content (AvgIpc) is 3.04. The third-order valence-electron chi connectivity index (χ3n) is 8.20. The number of piperidine rings is 1. The lowest BCUT2D eigenvalue weighted by atomic mass is 10.0. The van der Waals surface area contributed by atoms with E-state index in [9.17, 15) is 8.42 Å². The number of nitrogens with zero attached hydrogens (tertiary/aromatic N) is 5. The Morgan fingerprint density at radius 2 is 1.78 bits per heavy atom. The van der Waals surface area contributed by atoms with Crippen LogP contribution < -0.4 is 34.6 Å². The molecule has 0 amide bonds. The Morgan fingerprint density at radius 3 is 2.40 bits per heavy atom. The summed E-state index contributed by atoms with van der Waals surface area (Å²) in [6.45, 7) is 6.13. The Morgan fingerprint density at radius 1 is 1.07 bits per heavy atom. The van der Waals surface area contributed by atoms with Gasteiger partial charge in [0.2, 0.25) is 16.0 Å². The second-order valence-corrected chi connectivity index (χ2v) is 13.5. The Labute approximate surface area is 272 Å². The number of methoxy groups -OCH3 is 2. The van der Waals surface area contributed by atoms with Gasteiger partial charge in [-0.15, -0.1) is 0 Å². The number of hydrogen-bond acceptors (Lipinski definition) is 11. The van der Waals surface area contributed by atoms with Crippen LogP contribution in [0.3, 0.4) is 0 Å². The quantitative estimate of drug-likeness (QED) is 0.223. The SMILES string of the molecule is CCc1cc(Nc2ncc(Cl)c(Nc3cccc(OC)c3N(C)S(C)(=O)=O)n2)c(OC)cc1N1CCC(N(C)CCNC)CC1. The molecular weight excluding hydrogens is 616 g/mol. The first-order chi connectivity index (χ1) is 21.5. The molecule has 1 aromatic heterocycles. The molecule has 246 valence electrons. The molecular formula is C31H45ClN8O4S. The van der Waals surface area contributed by atoms with Gasteiger partial charge in [-0.05, 0) is 57.1 Å². The van der Waals surface area contributed by atoms with Crippen molar-refractivity contribution in [3.63, 3.8) is 0 Å². The zero-order valence-electron chi connectivity index (χ0n) is 27.1. The fourth-order valence-electron chi connectivity index (χ4n) is 5.52. The minimum atomic E-state index is -3.59. The Hall–Kier alpha value is -3.52. The lowest BCUT2D eigenvalue weighted by molar-refractivity contribution is 0.209. The van der Waals surface area contributed by atoms with Crippen LogP contribution in [0.15, 0.2) is 36.5 Å². The summed E-state index contributed by atoms with van der Waals surface area (Å²) in [6, 6.07) is 9.91. The monoisotopic (exact) mass is 660 g/mol. The van der Waals surface area contributed by atoms with Gasteiger partial charge < -0.3 is 35.2 Å². The molecule has 0 unspecified atom stereocenters. The second kappa shape index (κ2) is 15.2. The number of hydrogen-bond donors (Lipinski definition) is 3. The van der Waals surface area contributed by atoms with Crippen molar-refractivity contribution < 1.29 is 17.9 Å². The van der Waals surface area contributed by atoms with E-state index in [4.69, 9.17) is 21.1 Å². The van der Waals surface area contributed by atoms with Crippen LogP contribution in [0.1, 0.15) is 25.3 Å². The van der Waals surface area contributed by atoms with Crippen LogP contribution in [0.4, 0.5) is 34.5 Å². The van der Waals surface area contributed by atoms with E-state index in [1.807, 2.05) is 7.05 Å². The van der Waals surface area contributed by atoms with Crippen LogP contribution in [-0.2, 0) is 16.4 Å². The van der Waals surface area contributed by atoms with E-state index in [2.05, 4.69) is 61.8 Å². The summed E-state index contributed by atoms with van der Waals surface area (Å²) in [7, 11) is 5.20. The Balaban J connectivity index is 1.58. The molecule has 2 heterocycles. The van der Waals surface area contributed by atoms with Crippen LogP contribution in [0.2, 0.25) is 5.02 Å². The van der Waals surface area contributed by atoms with E-state index in [1.165, 1.54) is 31.6 Å². The van der Waals surface area contributed by atoms with Gasteiger partial charge >= 0.3 is 0 Å². The molecule has 1 aliphatic heterocycles. The van der Waals surface area contributed by atoms with Crippen LogP contribution >= 0.6 is 11.6 Å². The van der Waals surface area contributed by atoms with Crippen molar-refractivity contribution in [2.75, 3.05) is 87.6 Å². The number of para-hydroxylation sites is 1. The largest absolute Gasteiger partial charge is 0.494 e. The molecule has 4 rings (SSSR count). The van der Waals surface area contributed by atoms with Gasteiger partial charge in [-0.3, -0.25) is 4.31 Å². The van der Waals surface area contributed by atoms with Gasteiger partial charge in [0, 0.05) is 51.0 Å². The molecule has 0 saturated carbocycles. The molecule has 1 aliphatic rings. The summed E-state index contributed by atoms with van der Waals surface area (Å²) in [6.07, 6.45) is 5.67. The zero-order valence-corrected chi connectivity index (χ0v) is 28.7. The molecule has 45 heavy (non-hydrogen) atoms. The number of ether oxygens (including phenoxy) is 2. The van der Waals surface area contributed by atoms with Gasteiger partial charge in [-0.25, -0.2) is 13.4 Å². The van der Waals surface area contributed by atoms with Gasteiger partial charge in [0.15, 0.2) is 5.82 Å². The predicted molar refractivity (Wildman–Crippen MR) is 184 cm³/mol. The molecule has 0 bridgehead atoms. The summed E-state index contributed by atoms with van der Waals surface area (Å²) >= 11 is 6.50. The number of aromatic nitrogens is 2. The molecule has 2 aromatic carbocycles. The maximum absolute atomic E-state index is 12.4. The van der Waals surface area contributed by atoms with Gasteiger partial charge in [0.05, 0.1) is 38.0 Å². The molecule has 1 fully saturated rings. The van der Waals surface area contributed by atoms with Crippen LogP contribution in [0, 0.1) is 0 Å². The van der Waals surface area contributed by atoms with E-state index in [0.717, 1.165) is 61.7 Å². The molecule has 0 radical (unpaired) electrons. The zero-order chi connectivity index (χ0) is 32.7. The average molecular weight is 661 g/mol. The number of benzene rings is 2. The van der Waals surface area contributed by atoms with Crippen molar-refractivity contribution in [1.29, 1.82) is 0 Å². The van der Waals surface area contributed by atoms with Crippen molar-refractivity contribution in [1.82, 2.24) is 20.2 Å². The first kappa shape index (κ1) is 34.4. The number of sulfonamides is 1. The van der Waals surface area contributed by atoms with E-state index < -0.39 is 10.0 Å². The lowest BCUT2D eigenvalue weighted by Gasteiger charge is -2.38. The summed E-state index contributed by atoms with van der Waals surface area (Å²) in [5.74, 6) is 1.63. The van der Waals surface area contributed by atoms with Gasteiger partial charge in [-0.1, -0.05) is 24.6 Å². The number of aryl methyl sites for hydroxylation is 1. The molecule has 3 N–H and O–H groups in total. The second-order valence-electron chi connectivity index (χ2n) is 11.1. The minimum absolute atomic E-state index is 0.257. The number of likely N-dealkylation sites (N-methyl/N-ethyl adjacent to an activating group) is 2. The highest BCUT2D eigenvalue weighted by molar-refractivity contribution is 7.92. The predicted octanol–water partition coefficient (Wildman–Crippen LogP) is 4.71. The van der Waals surface area contributed by atoms with E-state index >= 15 is 0 Å². The normalized spacial score (nSPS) is 14.0. The smallest absolute Gasteiger partial charge is 0.232 e. The van der Waals surface area contributed by atoms with Crippen molar-refractivity contribution in [2.24, 2.45) is 0 Å². The Kier molecular flexibility index (Phi) is 11.6. The first-order valence-electron chi connectivity index (χ1n) is 15.0. The van der Waals surface area contributed by atoms with Crippen molar-refractivity contribution >= 4 is 56.1 Å². The maximum Gasteiger partial charge on any atom is 0.232 e. The molecule has 0 spiro atoms. The highest BCUT2D eigenvalue weighted by Crippen LogP contribution is 2.40. The summed E-state index contributed by atoms with van der Waals surface area (Å²) in [4.78, 5) is 13.9. The summed E-state index contributed by atoms with van der Waals surface area (Å²) in [5, 5.41) is 9.96. The van der Waals surface area contributed by atoms with Crippen molar-refractivity contribution in [3.05, 3.63) is 47.1 Å². The van der Waals surface area contributed by atoms with Crippen LogP contribution in [0.25, 0.3) is 0 Å². The molecule has 3 aromatic rings. The lowest BCUT2D eigenvalue weighted by Crippen LogP contribution is -2.45. The maximum atomic E-state index is 12.4. The number of anilines is 6. The van der Waals surface area contributed by atoms with Gasteiger partial charge in [-0.2, -0.15) is 4.98 Å². The molecule has 1 saturated heterocycles. The first-order valence-corrected chi connectivity index (χ1v) is 17.2. The van der Waals surface area contributed by atoms with Gasteiger partial charge in [0.1, 0.15) is 22.2 Å². The van der Waals surface area contributed by atoms with E-state index in [-0.39, 0.29) is 5.02 Å². The minimum Gasteiger partial charge on any atom is -0.494 e. The van der Waals surface area contributed by atoms with Crippen LogP contribution in [-0.4, -0.2) is 97.1 Å². The molecule has 0 aliphatic carbocycles. The fraction of sp³-hybridized carbons (Fsp3) is 0.484. The van der Waals surface area contributed by atoms with Crippen LogP contribution in [0.5, 0.6) is 11.5 Å². The number of rotatable bonds is 14. The van der Waals surface area contributed by atoms with Crippen molar-refractivity contribution in [2.45, 2.75) is 32.2 Å². The third-order valence-corrected chi connectivity index (χ3v) is 9.65. The summed E-state index contributed by atoms with van der Waals surface area (Å²) < 4.78 is 37.2. The highest BCUT2D eigenvalue weighted by Gasteiger charge is 2.25. The molecule has 14 heteroatoms. The number of nitrogens with one attached hydrogen (secondary N) is 3. The third kappa shape index (κ3) is 8.20. The van der Waals surface area contributed by atoms with E-state index in [1.54, 1.807) is 25.3 Å². The fourth-order valence-corrected chi connectivity index (χ4v) is 6.18. The summed E-state index contributed by atoms with van der Waals surface area (Å²) in [5.41, 5.74) is 3.87. The number of halogens is 1. The molecule has 0 atom stereocenters. The van der Waals surface area contributed by atoms with Crippen molar-refractivity contribution in [3.8, 4) is 11.5 Å².